The number of hydrogen-bond donors (Lipinski definition) is 1. The molecule has 2 aromatic rings. The van der Waals surface area contributed by atoms with Gasteiger partial charge < -0.3 is 0 Å². The second-order valence-electron chi connectivity index (χ2n) is 3.91. The molecular formula is C13H12F2N2S. The van der Waals surface area contributed by atoms with Crippen molar-refractivity contribution >= 4 is 12.6 Å². The molecule has 5 heteroatoms. The number of aromatic nitrogens is 2. The summed E-state index contributed by atoms with van der Waals surface area (Å²) in [4.78, 5) is 8.58. The van der Waals surface area contributed by atoms with E-state index in [0.717, 1.165) is 17.8 Å². The van der Waals surface area contributed by atoms with Crippen molar-refractivity contribution in [1.82, 2.24) is 9.97 Å². The number of hydrogen-bond acceptors (Lipinski definition) is 3. The Morgan fingerprint density at radius 1 is 1.11 bits per heavy atom. The van der Waals surface area contributed by atoms with Crippen LogP contribution in [0.5, 0.6) is 0 Å². The van der Waals surface area contributed by atoms with Crippen LogP contribution in [0.15, 0.2) is 24.3 Å². The molecule has 2 nitrogen and oxygen atoms in total. The first-order valence-electron chi connectivity index (χ1n) is 5.51. The van der Waals surface area contributed by atoms with Crippen LogP contribution in [0.2, 0.25) is 0 Å². The number of thiol groups is 1. The molecule has 2 rings (SSSR count). The second-order valence-corrected chi connectivity index (χ2v) is 4.36. The van der Waals surface area contributed by atoms with E-state index in [-0.39, 0.29) is 0 Å². The van der Waals surface area contributed by atoms with Crippen LogP contribution >= 0.6 is 12.6 Å². The Labute approximate surface area is 110 Å². The fraction of sp³-hybridized carbons (Fsp3) is 0.231. The highest BCUT2D eigenvalue weighted by molar-refractivity contribution is 7.80. The number of aryl methyl sites for hydroxylation is 2. The van der Waals surface area contributed by atoms with E-state index in [9.17, 15) is 8.78 Å². The Hall–Kier alpha value is -1.49. The zero-order chi connectivity index (χ0) is 13.1. The molecule has 1 heterocycles. The predicted octanol–water partition coefficient (Wildman–Crippen LogP) is 3.20. The first kappa shape index (κ1) is 13.0. The van der Waals surface area contributed by atoms with Crippen LogP contribution in [0.4, 0.5) is 8.78 Å². The average Bonchev–Trinajstić information content (AvgIpc) is 2.32. The average molecular weight is 266 g/mol. The summed E-state index contributed by atoms with van der Waals surface area (Å²) in [7, 11) is 0. The molecule has 0 radical (unpaired) electrons. The summed E-state index contributed by atoms with van der Waals surface area (Å²) in [6, 6.07) is 5.49. The van der Waals surface area contributed by atoms with Crippen molar-refractivity contribution < 1.29 is 8.78 Å². The van der Waals surface area contributed by atoms with E-state index in [1.807, 2.05) is 6.92 Å². The molecule has 1 aromatic carbocycles. The van der Waals surface area contributed by atoms with Crippen molar-refractivity contribution in [3.05, 3.63) is 47.4 Å². The Balaban J connectivity index is 2.46. The van der Waals surface area contributed by atoms with Crippen LogP contribution < -0.4 is 0 Å². The summed E-state index contributed by atoms with van der Waals surface area (Å²) in [5, 5.41) is 0. The third-order valence-corrected chi connectivity index (χ3v) is 2.67. The van der Waals surface area contributed by atoms with Gasteiger partial charge in [0.25, 0.3) is 0 Å². The molecule has 0 atom stereocenters. The maximum atomic E-state index is 13.2. The maximum absolute atomic E-state index is 13.2. The minimum Gasteiger partial charge on any atom is -0.238 e. The fourth-order valence-electron chi connectivity index (χ4n) is 1.65. The third kappa shape index (κ3) is 2.85. The first-order valence-corrected chi connectivity index (χ1v) is 6.14. The van der Waals surface area contributed by atoms with Crippen LogP contribution in [0.25, 0.3) is 11.3 Å². The molecule has 18 heavy (non-hydrogen) atoms. The van der Waals surface area contributed by atoms with E-state index in [0.29, 0.717) is 29.3 Å². The summed E-state index contributed by atoms with van der Waals surface area (Å²) in [5.41, 5.74) is 1.93. The third-order valence-electron chi connectivity index (χ3n) is 2.45. The summed E-state index contributed by atoms with van der Waals surface area (Å²) in [6.45, 7) is 1.84. The van der Waals surface area contributed by atoms with Crippen molar-refractivity contribution in [2.24, 2.45) is 0 Å². The van der Waals surface area contributed by atoms with Gasteiger partial charge in [-0.25, -0.2) is 18.7 Å². The van der Waals surface area contributed by atoms with Gasteiger partial charge in [-0.1, -0.05) is 0 Å². The SMILES string of the molecule is Cc1cc(-c2ccc(F)c(F)c2)nc(CCS)n1. The van der Waals surface area contributed by atoms with E-state index < -0.39 is 11.6 Å². The van der Waals surface area contributed by atoms with Crippen LogP contribution in [-0.2, 0) is 6.42 Å². The molecule has 0 aliphatic carbocycles. The molecule has 0 saturated heterocycles. The van der Waals surface area contributed by atoms with Crippen LogP contribution in [0, 0.1) is 18.6 Å². The van der Waals surface area contributed by atoms with Gasteiger partial charge in [-0.2, -0.15) is 12.6 Å². The lowest BCUT2D eigenvalue weighted by molar-refractivity contribution is 0.509. The van der Waals surface area contributed by atoms with E-state index in [2.05, 4.69) is 22.6 Å². The molecule has 0 N–H and O–H groups in total. The molecule has 0 aliphatic rings. The molecule has 0 bridgehead atoms. The molecule has 0 aliphatic heterocycles. The Morgan fingerprint density at radius 3 is 2.56 bits per heavy atom. The Kier molecular flexibility index (Phi) is 3.91. The van der Waals surface area contributed by atoms with Crippen molar-refractivity contribution in [3.63, 3.8) is 0 Å². The largest absolute Gasteiger partial charge is 0.238 e. The van der Waals surface area contributed by atoms with Crippen LogP contribution in [0.3, 0.4) is 0 Å². The van der Waals surface area contributed by atoms with Gasteiger partial charge in [0, 0.05) is 17.7 Å². The van der Waals surface area contributed by atoms with Crippen molar-refractivity contribution in [1.29, 1.82) is 0 Å². The highest BCUT2D eigenvalue weighted by Crippen LogP contribution is 2.20. The highest BCUT2D eigenvalue weighted by Gasteiger charge is 2.08. The number of benzene rings is 1. The minimum atomic E-state index is -0.875. The van der Waals surface area contributed by atoms with Gasteiger partial charge in [0.15, 0.2) is 11.6 Å². The first-order chi connectivity index (χ1) is 8.60. The number of halogens is 2. The minimum absolute atomic E-state index is 0.541. The lowest BCUT2D eigenvalue weighted by atomic mass is 10.1. The van der Waals surface area contributed by atoms with Gasteiger partial charge in [-0.05, 0) is 36.9 Å². The highest BCUT2D eigenvalue weighted by atomic mass is 32.1. The molecule has 1 aromatic heterocycles. The molecule has 0 spiro atoms. The Morgan fingerprint density at radius 2 is 1.89 bits per heavy atom. The molecule has 0 saturated carbocycles. The smallest absolute Gasteiger partial charge is 0.159 e. The van der Waals surface area contributed by atoms with E-state index in [1.165, 1.54) is 6.07 Å². The molecule has 0 fully saturated rings. The molecule has 0 unspecified atom stereocenters. The molecule has 0 amide bonds. The van der Waals surface area contributed by atoms with Gasteiger partial charge in [-0.3, -0.25) is 0 Å². The summed E-state index contributed by atoms with van der Waals surface area (Å²) >= 11 is 4.13. The topological polar surface area (TPSA) is 25.8 Å². The van der Waals surface area contributed by atoms with Crippen molar-refractivity contribution in [2.45, 2.75) is 13.3 Å². The Bertz CT molecular complexity index is 573. The van der Waals surface area contributed by atoms with E-state index in [1.54, 1.807) is 6.07 Å². The fourth-order valence-corrected chi connectivity index (χ4v) is 1.85. The van der Waals surface area contributed by atoms with Crippen LogP contribution in [-0.4, -0.2) is 15.7 Å². The lowest BCUT2D eigenvalue weighted by Gasteiger charge is -2.06. The summed E-state index contributed by atoms with van der Waals surface area (Å²) in [6.07, 6.45) is 0.640. The van der Waals surface area contributed by atoms with Gasteiger partial charge in [-0.15, -0.1) is 0 Å². The van der Waals surface area contributed by atoms with Gasteiger partial charge in [0.2, 0.25) is 0 Å². The number of nitrogens with zero attached hydrogens (tertiary/aromatic N) is 2. The normalized spacial score (nSPS) is 10.7. The van der Waals surface area contributed by atoms with E-state index in [4.69, 9.17) is 0 Å². The van der Waals surface area contributed by atoms with Gasteiger partial charge in [0.05, 0.1) is 5.69 Å². The van der Waals surface area contributed by atoms with Crippen molar-refractivity contribution in [2.75, 3.05) is 5.75 Å². The zero-order valence-corrected chi connectivity index (χ0v) is 10.7. The monoisotopic (exact) mass is 266 g/mol. The van der Waals surface area contributed by atoms with Crippen LogP contribution in [0.1, 0.15) is 11.5 Å². The lowest BCUT2D eigenvalue weighted by Crippen LogP contribution is -2.00. The molecule has 94 valence electrons. The maximum Gasteiger partial charge on any atom is 0.159 e. The molecular weight excluding hydrogens is 254 g/mol. The summed E-state index contributed by atoms with van der Waals surface area (Å²) in [5.74, 6) is -0.440. The quantitative estimate of drug-likeness (QED) is 0.863. The zero-order valence-electron chi connectivity index (χ0n) is 9.82. The van der Waals surface area contributed by atoms with Gasteiger partial charge >= 0.3 is 0 Å². The second kappa shape index (κ2) is 5.44. The van der Waals surface area contributed by atoms with E-state index >= 15 is 0 Å². The van der Waals surface area contributed by atoms with Crippen molar-refractivity contribution in [3.8, 4) is 11.3 Å². The summed E-state index contributed by atoms with van der Waals surface area (Å²) < 4.78 is 26.1. The predicted molar refractivity (Wildman–Crippen MR) is 69.7 cm³/mol. The van der Waals surface area contributed by atoms with Gasteiger partial charge in [0.1, 0.15) is 5.82 Å². The standard InChI is InChI=1S/C13H12F2N2S/c1-8-6-12(17-13(16-8)4-5-18)9-2-3-10(14)11(15)7-9/h2-3,6-7,18H,4-5H2,1H3. The number of rotatable bonds is 3.